The van der Waals surface area contributed by atoms with E-state index in [1.807, 2.05) is 4.90 Å². The lowest BCUT2D eigenvalue weighted by atomic mass is 9.89. The second-order valence-corrected chi connectivity index (χ2v) is 6.57. The summed E-state index contributed by atoms with van der Waals surface area (Å²) in [5, 5.41) is 9.53. The van der Waals surface area contributed by atoms with Crippen LogP contribution in [0, 0.1) is 11.8 Å². The van der Waals surface area contributed by atoms with Crippen molar-refractivity contribution in [3.8, 4) is 5.88 Å². The van der Waals surface area contributed by atoms with Gasteiger partial charge in [-0.1, -0.05) is 12.8 Å². The second kappa shape index (κ2) is 7.67. The Bertz CT molecular complexity index is 625. The maximum Gasteiger partial charge on any atom is 0.316 e. The summed E-state index contributed by atoms with van der Waals surface area (Å²) in [6.07, 6.45) is 5.34. The number of hydrogen-bond acceptors (Lipinski definition) is 6. The number of methoxy groups -OCH3 is 1. The van der Waals surface area contributed by atoms with Crippen molar-refractivity contribution >= 4 is 17.8 Å². The van der Waals surface area contributed by atoms with Crippen LogP contribution in [0.25, 0.3) is 0 Å². The number of hydrogen-bond donors (Lipinski definition) is 1. The van der Waals surface area contributed by atoms with Crippen LogP contribution in [0.1, 0.15) is 25.7 Å². The minimum atomic E-state index is -0.990. The van der Waals surface area contributed by atoms with E-state index in [1.54, 1.807) is 24.3 Å². The van der Waals surface area contributed by atoms with E-state index in [2.05, 4.69) is 9.97 Å². The van der Waals surface area contributed by atoms with Gasteiger partial charge in [-0.2, -0.15) is 4.98 Å². The van der Waals surface area contributed by atoms with E-state index in [9.17, 15) is 14.7 Å². The normalized spacial score (nSPS) is 19.7. The van der Waals surface area contributed by atoms with Crippen LogP contribution in [-0.2, 0) is 9.59 Å². The molecule has 0 aromatic carbocycles. The Kier molecular flexibility index (Phi) is 5.35. The number of carbonyl (C=O) groups excluding carboxylic acids is 1. The molecule has 1 aliphatic heterocycles. The molecule has 1 saturated heterocycles. The standard InChI is InChI=1S/C17H24N4O4/c1-25-13-6-7-18-17(19-13)21-10-8-20(9-11-21)15(22)14(16(23)24)12-4-2-3-5-12/h6-7,12,14H,2-5,8-11H2,1H3,(H,23,24). The maximum absolute atomic E-state index is 12.7. The molecule has 2 heterocycles. The molecule has 2 fully saturated rings. The molecular weight excluding hydrogens is 324 g/mol. The van der Waals surface area contributed by atoms with Gasteiger partial charge in [-0.05, 0) is 18.8 Å². The van der Waals surface area contributed by atoms with Crippen LogP contribution in [0.15, 0.2) is 12.3 Å². The summed E-state index contributed by atoms with van der Waals surface area (Å²) < 4.78 is 5.11. The molecule has 8 nitrogen and oxygen atoms in total. The minimum absolute atomic E-state index is 0.0234. The highest BCUT2D eigenvalue weighted by atomic mass is 16.5. The van der Waals surface area contributed by atoms with Gasteiger partial charge in [0.1, 0.15) is 5.92 Å². The Labute approximate surface area is 146 Å². The minimum Gasteiger partial charge on any atom is -0.481 e. The fourth-order valence-corrected chi connectivity index (χ4v) is 3.72. The number of carbonyl (C=O) groups is 2. The van der Waals surface area contributed by atoms with E-state index in [0.29, 0.717) is 38.0 Å². The van der Waals surface area contributed by atoms with E-state index < -0.39 is 11.9 Å². The summed E-state index contributed by atoms with van der Waals surface area (Å²) in [4.78, 5) is 36.6. The van der Waals surface area contributed by atoms with Gasteiger partial charge in [0.15, 0.2) is 0 Å². The molecule has 0 bridgehead atoms. The van der Waals surface area contributed by atoms with Crippen LogP contribution in [0.3, 0.4) is 0 Å². The number of amides is 1. The number of piperazine rings is 1. The quantitative estimate of drug-likeness (QED) is 0.794. The van der Waals surface area contributed by atoms with Crippen molar-refractivity contribution in [3.05, 3.63) is 12.3 Å². The third-order valence-electron chi connectivity index (χ3n) is 5.10. The maximum atomic E-state index is 12.7. The number of carboxylic acid groups (broad SMARTS) is 1. The lowest BCUT2D eigenvalue weighted by Gasteiger charge is -2.36. The molecule has 1 saturated carbocycles. The summed E-state index contributed by atoms with van der Waals surface area (Å²) in [5.41, 5.74) is 0. The van der Waals surface area contributed by atoms with Gasteiger partial charge in [-0.3, -0.25) is 9.59 Å². The predicted octanol–water partition coefficient (Wildman–Crippen LogP) is 1.02. The van der Waals surface area contributed by atoms with Gasteiger partial charge in [0, 0.05) is 38.4 Å². The molecular formula is C17H24N4O4. The third-order valence-corrected chi connectivity index (χ3v) is 5.10. The zero-order chi connectivity index (χ0) is 17.8. The molecule has 136 valence electrons. The van der Waals surface area contributed by atoms with Crippen molar-refractivity contribution in [1.29, 1.82) is 0 Å². The second-order valence-electron chi connectivity index (χ2n) is 6.57. The number of aromatic nitrogens is 2. The fraction of sp³-hybridized carbons (Fsp3) is 0.647. The van der Waals surface area contributed by atoms with E-state index in [1.165, 1.54) is 0 Å². The van der Waals surface area contributed by atoms with E-state index >= 15 is 0 Å². The van der Waals surface area contributed by atoms with Crippen molar-refractivity contribution in [1.82, 2.24) is 14.9 Å². The van der Waals surface area contributed by atoms with Crippen molar-refractivity contribution in [2.24, 2.45) is 11.8 Å². The molecule has 8 heteroatoms. The molecule has 1 aromatic rings. The number of rotatable bonds is 5. The summed E-state index contributed by atoms with van der Waals surface area (Å²) >= 11 is 0. The van der Waals surface area contributed by atoms with Crippen LogP contribution in [0.5, 0.6) is 5.88 Å². The Hall–Kier alpha value is -2.38. The largest absolute Gasteiger partial charge is 0.481 e. The van der Waals surface area contributed by atoms with Gasteiger partial charge >= 0.3 is 5.97 Å². The number of ether oxygens (including phenoxy) is 1. The summed E-state index contributed by atoms with van der Waals surface area (Å²) in [5.74, 6) is -1.10. The van der Waals surface area contributed by atoms with Gasteiger partial charge in [0.05, 0.1) is 7.11 Å². The highest BCUT2D eigenvalue weighted by Gasteiger charge is 2.39. The van der Waals surface area contributed by atoms with Crippen molar-refractivity contribution < 1.29 is 19.4 Å². The molecule has 1 aliphatic carbocycles. The first-order chi connectivity index (χ1) is 12.1. The van der Waals surface area contributed by atoms with Crippen molar-refractivity contribution in [2.75, 3.05) is 38.2 Å². The number of anilines is 1. The van der Waals surface area contributed by atoms with Crippen molar-refractivity contribution in [2.45, 2.75) is 25.7 Å². The zero-order valence-corrected chi connectivity index (χ0v) is 14.4. The first kappa shape index (κ1) is 17.4. The molecule has 1 aromatic heterocycles. The monoisotopic (exact) mass is 348 g/mol. The van der Waals surface area contributed by atoms with E-state index in [4.69, 9.17) is 4.74 Å². The average Bonchev–Trinajstić information content (AvgIpc) is 3.15. The molecule has 1 N–H and O–H groups in total. The Balaban J connectivity index is 1.62. The fourth-order valence-electron chi connectivity index (χ4n) is 3.72. The molecule has 1 unspecified atom stereocenters. The summed E-state index contributed by atoms with van der Waals surface area (Å²) in [7, 11) is 1.55. The van der Waals surface area contributed by atoms with Crippen LogP contribution in [-0.4, -0.2) is 65.1 Å². The van der Waals surface area contributed by atoms with Gasteiger partial charge < -0.3 is 19.6 Å². The van der Waals surface area contributed by atoms with Gasteiger partial charge in [-0.25, -0.2) is 4.98 Å². The summed E-state index contributed by atoms with van der Waals surface area (Å²) in [6, 6.07) is 1.68. The van der Waals surface area contributed by atoms with E-state index in [0.717, 1.165) is 25.7 Å². The van der Waals surface area contributed by atoms with Gasteiger partial charge in [-0.15, -0.1) is 0 Å². The van der Waals surface area contributed by atoms with Gasteiger partial charge in [0.25, 0.3) is 0 Å². The Morgan fingerprint density at radius 2 is 1.92 bits per heavy atom. The number of nitrogens with zero attached hydrogens (tertiary/aromatic N) is 4. The summed E-state index contributed by atoms with van der Waals surface area (Å²) in [6.45, 7) is 2.12. The average molecular weight is 348 g/mol. The van der Waals surface area contributed by atoms with Crippen LogP contribution < -0.4 is 9.64 Å². The molecule has 1 amide bonds. The van der Waals surface area contributed by atoms with E-state index in [-0.39, 0.29) is 11.8 Å². The Morgan fingerprint density at radius 1 is 1.24 bits per heavy atom. The smallest absolute Gasteiger partial charge is 0.316 e. The van der Waals surface area contributed by atoms with Crippen molar-refractivity contribution in [3.63, 3.8) is 0 Å². The highest BCUT2D eigenvalue weighted by molar-refractivity contribution is 5.97. The highest BCUT2D eigenvalue weighted by Crippen LogP contribution is 2.33. The Morgan fingerprint density at radius 3 is 2.52 bits per heavy atom. The number of carboxylic acids is 1. The van der Waals surface area contributed by atoms with Crippen LogP contribution >= 0.6 is 0 Å². The lowest BCUT2D eigenvalue weighted by molar-refractivity contribution is -0.154. The number of aliphatic carboxylic acids is 1. The SMILES string of the molecule is COc1ccnc(N2CCN(C(=O)C(C(=O)O)C3CCCC3)CC2)n1. The lowest BCUT2D eigenvalue weighted by Crippen LogP contribution is -2.52. The molecule has 0 spiro atoms. The molecule has 25 heavy (non-hydrogen) atoms. The first-order valence-electron chi connectivity index (χ1n) is 8.73. The third kappa shape index (κ3) is 3.83. The molecule has 2 aliphatic rings. The predicted molar refractivity (Wildman–Crippen MR) is 90.5 cm³/mol. The first-order valence-corrected chi connectivity index (χ1v) is 8.73. The molecule has 1 atom stereocenters. The zero-order valence-electron chi connectivity index (χ0n) is 14.4. The van der Waals surface area contributed by atoms with Crippen LogP contribution in [0.4, 0.5) is 5.95 Å². The van der Waals surface area contributed by atoms with Crippen LogP contribution in [0.2, 0.25) is 0 Å². The molecule has 0 radical (unpaired) electrons. The molecule has 3 rings (SSSR count). The topological polar surface area (TPSA) is 95.9 Å². The van der Waals surface area contributed by atoms with Gasteiger partial charge in [0.2, 0.25) is 17.7 Å².